The number of carbonyl (C=O) groups is 1. The Kier molecular flexibility index (Phi) is 5.70. The summed E-state index contributed by atoms with van der Waals surface area (Å²) in [5.41, 5.74) is 4.81. The van der Waals surface area contributed by atoms with Crippen LogP contribution in [0.15, 0.2) is 48.5 Å². The van der Waals surface area contributed by atoms with Gasteiger partial charge in [0.15, 0.2) is 0 Å². The molecule has 5 heteroatoms. The number of carbonyl (C=O) groups excluding carboxylic acids is 1. The molecule has 0 radical (unpaired) electrons. The summed E-state index contributed by atoms with van der Waals surface area (Å²) in [6, 6.07) is 16.7. The molecule has 2 aromatic carbocycles. The van der Waals surface area contributed by atoms with Crippen molar-refractivity contribution in [2.24, 2.45) is 0 Å². The molecule has 2 aromatic rings. The number of para-hydroxylation sites is 2. The van der Waals surface area contributed by atoms with Crippen LogP contribution in [0.1, 0.15) is 17.5 Å². The van der Waals surface area contributed by atoms with Gasteiger partial charge in [-0.05, 0) is 36.1 Å². The van der Waals surface area contributed by atoms with E-state index in [9.17, 15) is 4.79 Å². The average molecular weight is 365 g/mol. The number of hydrogen-bond donors (Lipinski definition) is 1. The van der Waals surface area contributed by atoms with Crippen molar-refractivity contribution in [2.45, 2.75) is 19.4 Å². The highest BCUT2D eigenvalue weighted by Gasteiger charge is 2.22. The molecule has 1 fully saturated rings. The normalized spacial score (nSPS) is 16.9. The maximum Gasteiger partial charge on any atom is 0.240 e. The Morgan fingerprint density at radius 2 is 1.70 bits per heavy atom. The van der Waals surface area contributed by atoms with Gasteiger partial charge in [0.25, 0.3) is 0 Å². The highest BCUT2D eigenvalue weighted by molar-refractivity contribution is 5.95. The number of benzene rings is 2. The van der Waals surface area contributed by atoms with E-state index >= 15 is 0 Å². The van der Waals surface area contributed by atoms with E-state index in [-0.39, 0.29) is 5.91 Å². The highest BCUT2D eigenvalue weighted by atomic mass is 16.5. The minimum Gasteiger partial charge on any atom is -0.378 e. The third-order valence-corrected chi connectivity index (χ3v) is 5.35. The standard InChI is InChI=1S/C22H27N3O2/c26-22(25-11-5-8-18-6-1-4-10-21(18)25)17-23-16-19-7-2-3-9-20(19)24-12-14-27-15-13-24/h1-4,6-7,9-10,23H,5,8,11-17H2. The van der Waals surface area contributed by atoms with Crippen LogP contribution in [-0.2, 0) is 22.5 Å². The molecule has 2 heterocycles. The molecule has 4 rings (SSSR count). The lowest BCUT2D eigenvalue weighted by Crippen LogP contribution is -2.41. The highest BCUT2D eigenvalue weighted by Crippen LogP contribution is 2.26. The van der Waals surface area contributed by atoms with Gasteiger partial charge in [-0.1, -0.05) is 36.4 Å². The maximum atomic E-state index is 12.8. The van der Waals surface area contributed by atoms with Gasteiger partial charge >= 0.3 is 0 Å². The molecule has 2 aliphatic rings. The van der Waals surface area contributed by atoms with Gasteiger partial charge in [0.2, 0.25) is 5.91 Å². The lowest BCUT2D eigenvalue weighted by Gasteiger charge is -2.31. The number of anilines is 2. The minimum absolute atomic E-state index is 0.144. The van der Waals surface area contributed by atoms with Crippen molar-refractivity contribution in [3.8, 4) is 0 Å². The molecule has 5 nitrogen and oxygen atoms in total. The van der Waals surface area contributed by atoms with Crippen LogP contribution in [0.25, 0.3) is 0 Å². The maximum absolute atomic E-state index is 12.8. The second-order valence-corrected chi connectivity index (χ2v) is 7.11. The van der Waals surface area contributed by atoms with Crippen molar-refractivity contribution in [1.29, 1.82) is 0 Å². The number of ether oxygens (including phenoxy) is 1. The Balaban J connectivity index is 1.37. The first-order chi connectivity index (χ1) is 13.3. The first-order valence-corrected chi connectivity index (χ1v) is 9.82. The molecule has 0 spiro atoms. The minimum atomic E-state index is 0.144. The van der Waals surface area contributed by atoms with E-state index in [1.165, 1.54) is 16.8 Å². The van der Waals surface area contributed by atoms with Crippen molar-refractivity contribution >= 4 is 17.3 Å². The Bertz CT molecular complexity index is 787. The molecule has 0 aromatic heterocycles. The van der Waals surface area contributed by atoms with E-state index in [0.717, 1.165) is 51.4 Å². The van der Waals surface area contributed by atoms with Crippen LogP contribution in [0.2, 0.25) is 0 Å². The smallest absolute Gasteiger partial charge is 0.240 e. The Morgan fingerprint density at radius 3 is 2.56 bits per heavy atom. The molecular formula is C22H27N3O2. The average Bonchev–Trinajstić information content (AvgIpc) is 2.74. The van der Waals surface area contributed by atoms with Crippen molar-refractivity contribution in [1.82, 2.24) is 5.32 Å². The van der Waals surface area contributed by atoms with Crippen molar-refractivity contribution < 1.29 is 9.53 Å². The number of nitrogens with one attached hydrogen (secondary N) is 1. The number of rotatable bonds is 5. The van der Waals surface area contributed by atoms with E-state index in [0.29, 0.717) is 13.1 Å². The molecule has 2 aliphatic heterocycles. The number of amides is 1. The van der Waals surface area contributed by atoms with Gasteiger partial charge in [-0.3, -0.25) is 4.79 Å². The van der Waals surface area contributed by atoms with Gasteiger partial charge in [0.1, 0.15) is 0 Å². The predicted octanol–water partition coefficient (Wildman–Crippen LogP) is 2.59. The molecule has 1 N–H and O–H groups in total. The van der Waals surface area contributed by atoms with Gasteiger partial charge in [0.05, 0.1) is 19.8 Å². The number of nitrogens with zero attached hydrogens (tertiary/aromatic N) is 2. The van der Waals surface area contributed by atoms with Crippen LogP contribution in [0.4, 0.5) is 11.4 Å². The zero-order valence-electron chi connectivity index (χ0n) is 15.7. The SMILES string of the molecule is O=C(CNCc1ccccc1N1CCOCC1)N1CCCc2ccccc21. The summed E-state index contributed by atoms with van der Waals surface area (Å²) in [5.74, 6) is 0.144. The lowest BCUT2D eigenvalue weighted by molar-refractivity contribution is -0.117. The van der Waals surface area contributed by atoms with Crippen LogP contribution in [0.5, 0.6) is 0 Å². The first-order valence-electron chi connectivity index (χ1n) is 9.82. The summed E-state index contributed by atoms with van der Waals surface area (Å²) in [5, 5.41) is 3.36. The van der Waals surface area contributed by atoms with Gasteiger partial charge in [-0.15, -0.1) is 0 Å². The Labute approximate surface area is 160 Å². The summed E-state index contributed by atoms with van der Waals surface area (Å²) in [7, 11) is 0. The molecule has 1 saturated heterocycles. The molecule has 0 saturated carbocycles. The van der Waals surface area contributed by atoms with Crippen LogP contribution in [0.3, 0.4) is 0 Å². The van der Waals surface area contributed by atoms with Crippen molar-refractivity contribution in [2.75, 3.05) is 49.2 Å². The van der Waals surface area contributed by atoms with E-state index in [1.807, 2.05) is 17.0 Å². The molecule has 0 unspecified atom stereocenters. The van der Waals surface area contributed by atoms with Gasteiger partial charge in [-0.2, -0.15) is 0 Å². The van der Waals surface area contributed by atoms with Gasteiger partial charge in [-0.25, -0.2) is 0 Å². The van der Waals surface area contributed by atoms with Crippen LogP contribution < -0.4 is 15.1 Å². The predicted molar refractivity (Wildman–Crippen MR) is 108 cm³/mol. The summed E-state index contributed by atoms with van der Waals surface area (Å²) in [6.45, 7) is 5.23. The fraction of sp³-hybridized carbons (Fsp3) is 0.409. The van der Waals surface area contributed by atoms with Crippen LogP contribution >= 0.6 is 0 Å². The van der Waals surface area contributed by atoms with E-state index in [4.69, 9.17) is 4.74 Å². The fourth-order valence-corrected chi connectivity index (χ4v) is 3.97. The second kappa shape index (κ2) is 8.55. The lowest BCUT2D eigenvalue weighted by atomic mass is 10.0. The molecule has 0 atom stereocenters. The van der Waals surface area contributed by atoms with Crippen molar-refractivity contribution in [3.05, 3.63) is 59.7 Å². The topological polar surface area (TPSA) is 44.8 Å². The number of aryl methyl sites for hydroxylation is 1. The summed E-state index contributed by atoms with van der Waals surface area (Å²) in [4.78, 5) is 17.1. The molecule has 0 aliphatic carbocycles. The summed E-state index contributed by atoms with van der Waals surface area (Å²) in [6.07, 6.45) is 2.09. The molecular weight excluding hydrogens is 338 g/mol. The van der Waals surface area contributed by atoms with Crippen molar-refractivity contribution in [3.63, 3.8) is 0 Å². The quantitative estimate of drug-likeness (QED) is 0.885. The zero-order chi connectivity index (χ0) is 18.5. The fourth-order valence-electron chi connectivity index (χ4n) is 3.97. The third kappa shape index (κ3) is 4.15. The second-order valence-electron chi connectivity index (χ2n) is 7.11. The van der Waals surface area contributed by atoms with E-state index < -0.39 is 0 Å². The van der Waals surface area contributed by atoms with Crippen LogP contribution in [0, 0.1) is 0 Å². The summed E-state index contributed by atoms with van der Waals surface area (Å²) >= 11 is 0. The largest absolute Gasteiger partial charge is 0.378 e. The number of fused-ring (bicyclic) bond motifs is 1. The molecule has 142 valence electrons. The zero-order valence-corrected chi connectivity index (χ0v) is 15.7. The number of morpholine rings is 1. The van der Waals surface area contributed by atoms with Crippen LogP contribution in [-0.4, -0.2) is 45.3 Å². The van der Waals surface area contributed by atoms with Gasteiger partial charge in [0, 0.05) is 37.6 Å². The Morgan fingerprint density at radius 1 is 0.963 bits per heavy atom. The third-order valence-electron chi connectivity index (χ3n) is 5.35. The summed E-state index contributed by atoms with van der Waals surface area (Å²) < 4.78 is 5.46. The van der Waals surface area contributed by atoms with E-state index in [2.05, 4.69) is 46.6 Å². The van der Waals surface area contributed by atoms with Gasteiger partial charge < -0.3 is 19.9 Å². The molecule has 1 amide bonds. The number of hydrogen-bond acceptors (Lipinski definition) is 4. The Hall–Kier alpha value is -2.37. The first kappa shape index (κ1) is 18.0. The molecule has 27 heavy (non-hydrogen) atoms. The monoisotopic (exact) mass is 365 g/mol. The molecule has 0 bridgehead atoms. The van der Waals surface area contributed by atoms with E-state index in [1.54, 1.807) is 0 Å².